The van der Waals surface area contributed by atoms with Crippen molar-refractivity contribution in [1.29, 1.82) is 0 Å². The summed E-state index contributed by atoms with van der Waals surface area (Å²) in [5, 5.41) is 0. The molecule has 0 N–H and O–H groups in total. The summed E-state index contributed by atoms with van der Waals surface area (Å²) in [6.07, 6.45) is 0.957. The zero-order valence-electron chi connectivity index (χ0n) is 21.3. The predicted octanol–water partition coefficient (Wildman–Crippen LogP) is 0.717. The number of rotatable bonds is 3. The van der Waals surface area contributed by atoms with Gasteiger partial charge in [-0.1, -0.05) is 0 Å². The van der Waals surface area contributed by atoms with E-state index in [1.54, 1.807) is 14.2 Å². The smallest absolute Gasteiger partial charge is 1.00 e. The van der Waals surface area contributed by atoms with E-state index in [1.165, 1.54) is 72.5 Å². The minimum atomic E-state index is 0. The second-order valence-corrected chi connectivity index (χ2v) is 12.0. The number of para-hydroxylation sites is 1. The molecule has 3 aromatic carbocycles. The van der Waals surface area contributed by atoms with Crippen LogP contribution < -0.4 is 46.7 Å². The van der Waals surface area contributed by atoms with Crippen molar-refractivity contribution in [3.05, 3.63) is 64.7 Å². The molecule has 0 radical (unpaired) electrons. The van der Waals surface area contributed by atoms with Crippen LogP contribution in [0, 0.1) is 0 Å². The molecular weight excluding hydrogens is 631 g/mol. The summed E-state index contributed by atoms with van der Waals surface area (Å²) in [7, 11) is 3.55. The van der Waals surface area contributed by atoms with Gasteiger partial charge in [-0.15, -0.1) is 0 Å². The summed E-state index contributed by atoms with van der Waals surface area (Å²) in [5.74, 6) is 1.93. The van der Waals surface area contributed by atoms with Crippen molar-refractivity contribution < 1.29 is 68.2 Å². The molecule has 1 aliphatic rings. The van der Waals surface area contributed by atoms with Gasteiger partial charge >= 0.3 is 209 Å². The molecule has 0 saturated heterocycles. The largest absolute Gasteiger partial charge is 1.00 e. The van der Waals surface area contributed by atoms with E-state index in [-0.39, 0.29) is 44.8 Å². The summed E-state index contributed by atoms with van der Waals surface area (Å²) < 4.78 is 13.0. The van der Waals surface area contributed by atoms with Crippen LogP contribution in [0.2, 0.25) is 0 Å². The maximum Gasteiger partial charge on any atom is -1.00 e. The van der Waals surface area contributed by atoms with E-state index in [9.17, 15) is 0 Å². The van der Waals surface area contributed by atoms with Crippen molar-refractivity contribution in [2.75, 3.05) is 14.2 Å². The molecule has 2 nitrogen and oxygen atoms in total. The van der Waals surface area contributed by atoms with Crippen LogP contribution in [0.1, 0.15) is 63.8 Å². The van der Waals surface area contributed by atoms with E-state index in [0.29, 0.717) is 0 Å². The Bertz CT molecular complexity index is 1200. The molecule has 0 spiro atoms. The molecule has 0 amide bonds. The first-order chi connectivity index (χ1) is 15.0. The minimum Gasteiger partial charge on any atom is -1.00 e. The summed E-state index contributed by atoms with van der Waals surface area (Å²) >= 11 is 1.44. The number of methoxy groups -OCH3 is 2. The van der Waals surface area contributed by atoms with Gasteiger partial charge in [0.05, 0.1) is 0 Å². The number of halogens is 2. The van der Waals surface area contributed by atoms with E-state index in [0.717, 1.165) is 17.9 Å². The van der Waals surface area contributed by atoms with Crippen molar-refractivity contribution in [2.45, 2.75) is 58.8 Å². The Morgan fingerprint density at radius 1 is 0.706 bits per heavy atom. The predicted molar refractivity (Wildman–Crippen MR) is 130 cm³/mol. The maximum absolute atomic E-state index is 5.82. The SMILES string of the molecule is COc1ccccc1-c1c(C(C)(C)C)cc2c([c]1[Zr+2])Cc1cc(OC)c(C(C)(C)C)cc1-2.[Br-].[Br-]. The number of fused-ring (bicyclic) bond motifs is 3. The Labute approximate surface area is 241 Å². The second-order valence-electron chi connectivity index (χ2n) is 10.8. The third-order valence-electron chi connectivity index (χ3n) is 6.51. The Hall–Kier alpha value is -0.897. The zero-order chi connectivity index (χ0) is 23.4. The van der Waals surface area contributed by atoms with Crippen LogP contribution in [0.25, 0.3) is 22.3 Å². The number of benzene rings is 3. The van der Waals surface area contributed by atoms with E-state index < -0.39 is 0 Å². The van der Waals surface area contributed by atoms with Gasteiger partial charge in [0, 0.05) is 0 Å². The van der Waals surface area contributed by atoms with Crippen LogP contribution >= 0.6 is 0 Å². The van der Waals surface area contributed by atoms with Crippen LogP contribution in [-0.4, -0.2) is 14.2 Å². The third-order valence-corrected chi connectivity index (χ3v) is 7.87. The van der Waals surface area contributed by atoms with Gasteiger partial charge in [-0.2, -0.15) is 0 Å². The molecule has 1 aliphatic carbocycles. The fraction of sp³-hybridized carbons (Fsp3) is 0.379. The Morgan fingerprint density at radius 2 is 1.26 bits per heavy atom. The number of hydrogen-bond acceptors (Lipinski definition) is 2. The standard InChI is InChI=1S/C29H33O2.2BrH.Zr/c1-28(2,3)24-16-21-18(14-23(24)20-11-9-10-12-26(20)30-7)13-19-15-27(31-8)25(17-22(19)21)29(4,5)6;;;/h9-12,15-17H,13H2,1-8H3;2*1H;/q;;;+2/p-2. The molecule has 0 fully saturated rings. The summed E-state index contributed by atoms with van der Waals surface area (Å²) in [6, 6.07) is 15.5. The first-order valence-corrected chi connectivity index (χ1v) is 12.5. The molecule has 0 aliphatic heterocycles. The average Bonchev–Trinajstić information content (AvgIpc) is 3.09. The van der Waals surface area contributed by atoms with Crippen molar-refractivity contribution >= 4 is 3.27 Å². The van der Waals surface area contributed by atoms with Gasteiger partial charge < -0.3 is 34.0 Å². The monoisotopic (exact) mass is 661 g/mol. The van der Waals surface area contributed by atoms with Gasteiger partial charge in [0.25, 0.3) is 0 Å². The normalized spacial score (nSPS) is 12.3. The van der Waals surface area contributed by atoms with E-state index in [1.807, 2.05) is 6.07 Å². The molecule has 0 bridgehead atoms. The zero-order valence-corrected chi connectivity index (χ0v) is 27.0. The first kappa shape index (κ1) is 29.3. The Morgan fingerprint density at radius 3 is 1.82 bits per heavy atom. The van der Waals surface area contributed by atoms with Crippen molar-refractivity contribution in [3.63, 3.8) is 0 Å². The Kier molecular flexibility index (Phi) is 9.15. The second kappa shape index (κ2) is 10.6. The van der Waals surface area contributed by atoms with Crippen molar-refractivity contribution in [2.24, 2.45) is 0 Å². The number of ether oxygens (including phenoxy) is 2. The Balaban J connectivity index is 0.00000204. The third kappa shape index (κ3) is 5.13. The molecule has 0 atom stereocenters. The fourth-order valence-electron chi connectivity index (χ4n) is 4.83. The molecule has 5 heteroatoms. The summed E-state index contributed by atoms with van der Waals surface area (Å²) in [5.41, 5.74) is 10.8. The van der Waals surface area contributed by atoms with Crippen LogP contribution in [0.5, 0.6) is 11.5 Å². The van der Waals surface area contributed by atoms with Gasteiger partial charge in [-0.3, -0.25) is 0 Å². The van der Waals surface area contributed by atoms with Gasteiger partial charge in [0.15, 0.2) is 0 Å². The van der Waals surface area contributed by atoms with Crippen molar-refractivity contribution in [1.82, 2.24) is 0 Å². The van der Waals surface area contributed by atoms with Crippen LogP contribution in [0.15, 0.2) is 42.5 Å². The molecular formula is C29H33Br2O2Zr. The summed E-state index contributed by atoms with van der Waals surface area (Å²) in [6.45, 7) is 13.7. The molecule has 3 aromatic rings. The molecule has 0 aromatic heterocycles. The van der Waals surface area contributed by atoms with Crippen molar-refractivity contribution in [3.8, 4) is 33.8 Å². The molecule has 4 rings (SSSR count). The molecule has 179 valence electrons. The van der Waals surface area contributed by atoms with Gasteiger partial charge in [0.2, 0.25) is 0 Å². The van der Waals surface area contributed by atoms with Gasteiger partial charge in [-0.25, -0.2) is 0 Å². The van der Waals surface area contributed by atoms with Gasteiger partial charge in [-0.05, 0) is 0 Å². The first-order valence-electron chi connectivity index (χ1n) is 11.2. The van der Waals surface area contributed by atoms with E-state index in [2.05, 4.69) is 77.9 Å². The van der Waals surface area contributed by atoms with E-state index >= 15 is 0 Å². The molecule has 0 unspecified atom stereocenters. The minimum absolute atomic E-state index is 0. The summed E-state index contributed by atoms with van der Waals surface area (Å²) in [4.78, 5) is 0. The topological polar surface area (TPSA) is 18.5 Å². The maximum atomic E-state index is 5.82. The molecule has 34 heavy (non-hydrogen) atoms. The average molecular weight is 665 g/mol. The molecule has 0 saturated carbocycles. The fourth-order valence-corrected chi connectivity index (χ4v) is 6.04. The van der Waals surface area contributed by atoms with E-state index in [4.69, 9.17) is 9.47 Å². The molecule has 0 heterocycles. The van der Waals surface area contributed by atoms with Gasteiger partial charge in [0.1, 0.15) is 0 Å². The quantitative estimate of drug-likeness (QED) is 0.322. The van der Waals surface area contributed by atoms with Crippen LogP contribution in [0.4, 0.5) is 0 Å². The number of hydrogen-bond donors (Lipinski definition) is 0. The van der Waals surface area contributed by atoms with Crippen LogP contribution in [-0.2, 0) is 42.0 Å². The van der Waals surface area contributed by atoms with Crippen LogP contribution in [0.3, 0.4) is 0 Å².